The van der Waals surface area contributed by atoms with Crippen LogP contribution in [0.1, 0.15) is 10.6 Å². The Balaban J connectivity index is 1.78. The van der Waals surface area contributed by atoms with E-state index in [2.05, 4.69) is 10.5 Å². The first kappa shape index (κ1) is 9.71. The van der Waals surface area contributed by atoms with Gasteiger partial charge in [-0.1, -0.05) is 16.8 Å². The fourth-order valence-corrected chi connectivity index (χ4v) is 2.15. The van der Waals surface area contributed by atoms with Crippen molar-refractivity contribution >= 4 is 22.9 Å². The Morgan fingerprint density at radius 2 is 2.29 bits per heavy atom. The monoisotopic (exact) mass is 228 g/mol. The van der Waals surface area contributed by atoms with Crippen molar-refractivity contribution in [2.24, 2.45) is 0 Å². The van der Waals surface area contributed by atoms with Crippen LogP contribution in [-0.4, -0.2) is 5.16 Å². The van der Waals surface area contributed by atoms with Crippen molar-refractivity contribution in [2.75, 3.05) is 0 Å². The largest absolute Gasteiger partial charge is 0.360 e. The Morgan fingerprint density at radius 3 is 2.93 bits per heavy atom. The van der Waals surface area contributed by atoms with E-state index in [0.717, 1.165) is 16.6 Å². The van der Waals surface area contributed by atoms with E-state index in [0.29, 0.717) is 6.54 Å². The number of thiophene rings is 1. The van der Waals surface area contributed by atoms with Crippen molar-refractivity contribution in [2.45, 2.75) is 13.1 Å². The smallest absolute Gasteiger partial charge is 0.150 e. The Morgan fingerprint density at radius 1 is 1.36 bits per heavy atom. The highest BCUT2D eigenvalue weighted by Crippen LogP contribution is 2.20. The van der Waals surface area contributed by atoms with Gasteiger partial charge < -0.3 is 9.84 Å². The Hall–Kier alpha value is -0.840. The summed E-state index contributed by atoms with van der Waals surface area (Å²) in [6.07, 6.45) is 1.64. The lowest BCUT2D eigenvalue weighted by Crippen LogP contribution is -2.10. The first-order valence-corrected chi connectivity index (χ1v) is 5.38. The maximum absolute atomic E-state index is 5.80. The molecule has 2 aromatic heterocycles. The molecule has 2 aromatic rings. The zero-order valence-electron chi connectivity index (χ0n) is 7.37. The average molecular weight is 229 g/mol. The van der Waals surface area contributed by atoms with Crippen LogP contribution in [0.4, 0.5) is 0 Å². The minimum atomic E-state index is 0.690. The highest BCUT2D eigenvalue weighted by atomic mass is 35.5. The van der Waals surface area contributed by atoms with Gasteiger partial charge in [-0.25, -0.2) is 0 Å². The van der Waals surface area contributed by atoms with Gasteiger partial charge in [-0.3, -0.25) is 0 Å². The van der Waals surface area contributed by atoms with E-state index in [1.807, 2.05) is 18.2 Å². The van der Waals surface area contributed by atoms with E-state index in [4.69, 9.17) is 16.1 Å². The number of hydrogen-bond donors (Lipinski definition) is 1. The lowest BCUT2D eigenvalue weighted by Gasteiger charge is -1.98. The first-order valence-electron chi connectivity index (χ1n) is 4.19. The molecule has 74 valence electrons. The molecule has 0 aliphatic carbocycles. The second-order valence-electron chi connectivity index (χ2n) is 2.79. The van der Waals surface area contributed by atoms with Crippen molar-refractivity contribution < 1.29 is 4.52 Å². The molecule has 0 saturated carbocycles. The summed E-state index contributed by atoms with van der Waals surface area (Å²) in [6.45, 7) is 1.49. The second-order valence-corrected chi connectivity index (χ2v) is 4.59. The SMILES string of the molecule is Clc1ccc(CNCc2ccno2)s1. The third kappa shape index (κ3) is 2.57. The first-order chi connectivity index (χ1) is 6.84. The fraction of sp³-hybridized carbons (Fsp3) is 0.222. The Bertz CT molecular complexity index is 385. The molecule has 0 saturated heterocycles. The molecule has 0 amide bonds. The van der Waals surface area contributed by atoms with Crippen LogP contribution in [0.25, 0.3) is 0 Å². The molecule has 0 aliphatic heterocycles. The molecule has 3 nitrogen and oxygen atoms in total. The van der Waals surface area contributed by atoms with Crippen LogP contribution in [0, 0.1) is 0 Å². The van der Waals surface area contributed by atoms with Crippen LogP contribution in [0.15, 0.2) is 28.9 Å². The average Bonchev–Trinajstić information content (AvgIpc) is 2.77. The number of hydrogen-bond acceptors (Lipinski definition) is 4. The summed E-state index contributed by atoms with van der Waals surface area (Å²) in [7, 11) is 0. The van der Waals surface area contributed by atoms with Crippen LogP contribution in [-0.2, 0) is 13.1 Å². The van der Waals surface area contributed by atoms with Gasteiger partial charge >= 0.3 is 0 Å². The van der Waals surface area contributed by atoms with Crippen molar-refractivity contribution in [1.82, 2.24) is 10.5 Å². The molecule has 5 heteroatoms. The summed E-state index contributed by atoms with van der Waals surface area (Å²) >= 11 is 7.38. The van der Waals surface area contributed by atoms with Crippen molar-refractivity contribution in [3.05, 3.63) is 39.4 Å². The summed E-state index contributed by atoms with van der Waals surface area (Å²) in [5.41, 5.74) is 0. The van der Waals surface area contributed by atoms with Crippen molar-refractivity contribution in [1.29, 1.82) is 0 Å². The van der Waals surface area contributed by atoms with Gasteiger partial charge in [0.25, 0.3) is 0 Å². The van der Waals surface area contributed by atoms with E-state index in [-0.39, 0.29) is 0 Å². The molecule has 0 atom stereocenters. The van der Waals surface area contributed by atoms with Gasteiger partial charge in [0.15, 0.2) is 0 Å². The molecule has 0 spiro atoms. The molecule has 0 aromatic carbocycles. The summed E-state index contributed by atoms with van der Waals surface area (Å²) in [6, 6.07) is 5.76. The second kappa shape index (κ2) is 4.59. The number of nitrogens with zero attached hydrogens (tertiary/aromatic N) is 1. The van der Waals surface area contributed by atoms with Gasteiger partial charge in [-0.05, 0) is 12.1 Å². The quantitative estimate of drug-likeness (QED) is 0.875. The van der Waals surface area contributed by atoms with Gasteiger partial charge in [-0.2, -0.15) is 0 Å². The topological polar surface area (TPSA) is 38.1 Å². The maximum Gasteiger partial charge on any atom is 0.150 e. The van der Waals surface area contributed by atoms with E-state index < -0.39 is 0 Å². The molecule has 0 unspecified atom stereocenters. The van der Waals surface area contributed by atoms with Crippen LogP contribution in [0.5, 0.6) is 0 Å². The summed E-state index contributed by atoms with van der Waals surface area (Å²) < 4.78 is 5.76. The zero-order valence-corrected chi connectivity index (χ0v) is 8.94. The molecule has 0 radical (unpaired) electrons. The van der Waals surface area contributed by atoms with Gasteiger partial charge in [-0.15, -0.1) is 11.3 Å². The minimum absolute atomic E-state index is 0.690. The predicted octanol–water partition coefficient (Wildman–Crippen LogP) is 2.68. The third-order valence-electron chi connectivity index (χ3n) is 1.72. The van der Waals surface area contributed by atoms with Gasteiger partial charge in [0.05, 0.1) is 17.1 Å². The summed E-state index contributed by atoms with van der Waals surface area (Å²) in [5, 5.41) is 6.85. The summed E-state index contributed by atoms with van der Waals surface area (Å²) in [5.74, 6) is 0.840. The number of aromatic nitrogens is 1. The molecule has 2 heterocycles. The van der Waals surface area contributed by atoms with Crippen molar-refractivity contribution in [3.8, 4) is 0 Å². The van der Waals surface area contributed by atoms with Crippen LogP contribution >= 0.6 is 22.9 Å². The zero-order chi connectivity index (χ0) is 9.80. The normalized spacial score (nSPS) is 10.6. The van der Waals surface area contributed by atoms with Gasteiger partial charge in [0.2, 0.25) is 0 Å². The van der Waals surface area contributed by atoms with E-state index >= 15 is 0 Å². The highest BCUT2D eigenvalue weighted by Gasteiger charge is 1.99. The lowest BCUT2D eigenvalue weighted by molar-refractivity contribution is 0.373. The molecule has 0 bridgehead atoms. The molecular weight excluding hydrogens is 220 g/mol. The number of halogens is 1. The van der Waals surface area contributed by atoms with Gasteiger partial charge in [0.1, 0.15) is 5.76 Å². The molecule has 1 N–H and O–H groups in total. The Labute approximate surface area is 90.7 Å². The molecule has 0 fully saturated rings. The standard InChI is InChI=1S/C9H9ClN2OS/c10-9-2-1-8(14-9)6-11-5-7-3-4-12-13-7/h1-4,11H,5-6H2. The van der Waals surface area contributed by atoms with E-state index in [1.54, 1.807) is 17.5 Å². The number of nitrogens with one attached hydrogen (secondary N) is 1. The van der Waals surface area contributed by atoms with Crippen LogP contribution < -0.4 is 5.32 Å². The molecule has 14 heavy (non-hydrogen) atoms. The summed E-state index contributed by atoms with van der Waals surface area (Å²) in [4.78, 5) is 1.22. The van der Waals surface area contributed by atoms with Crippen LogP contribution in [0.3, 0.4) is 0 Å². The predicted molar refractivity (Wildman–Crippen MR) is 56.4 cm³/mol. The Kier molecular flexibility index (Phi) is 3.18. The lowest BCUT2D eigenvalue weighted by atomic mass is 10.4. The van der Waals surface area contributed by atoms with Crippen LogP contribution in [0.2, 0.25) is 4.34 Å². The molecule has 2 rings (SSSR count). The molecular formula is C9H9ClN2OS. The highest BCUT2D eigenvalue weighted by molar-refractivity contribution is 7.16. The number of rotatable bonds is 4. The third-order valence-corrected chi connectivity index (χ3v) is 2.95. The minimum Gasteiger partial charge on any atom is -0.360 e. The van der Waals surface area contributed by atoms with E-state index in [9.17, 15) is 0 Å². The molecule has 0 aliphatic rings. The fourth-order valence-electron chi connectivity index (χ4n) is 1.09. The van der Waals surface area contributed by atoms with Crippen molar-refractivity contribution in [3.63, 3.8) is 0 Å². The maximum atomic E-state index is 5.80. The van der Waals surface area contributed by atoms with Gasteiger partial charge in [0, 0.05) is 17.5 Å². The van der Waals surface area contributed by atoms with E-state index in [1.165, 1.54) is 4.88 Å².